The van der Waals surface area contributed by atoms with Crippen LogP contribution in [0.3, 0.4) is 0 Å². The zero-order chi connectivity index (χ0) is 22.1. The van der Waals surface area contributed by atoms with E-state index in [9.17, 15) is 9.59 Å². The molecule has 2 aromatic carbocycles. The summed E-state index contributed by atoms with van der Waals surface area (Å²) in [5, 5.41) is 3.78. The summed E-state index contributed by atoms with van der Waals surface area (Å²) >= 11 is 13.8. The Kier molecular flexibility index (Phi) is 10.0. The Balaban J connectivity index is 2.03. The fourth-order valence-electron chi connectivity index (χ4n) is 2.89. The predicted octanol–water partition coefficient (Wildman–Crippen LogP) is 5.56. The van der Waals surface area contributed by atoms with Gasteiger partial charge >= 0.3 is 0 Å². The lowest BCUT2D eigenvalue weighted by molar-refractivity contribution is -0.140. The third kappa shape index (κ3) is 7.86. The second-order valence-corrected chi connectivity index (χ2v) is 9.32. The Morgan fingerprint density at radius 1 is 1.00 bits per heavy atom. The summed E-state index contributed by atoms with van der Waals surface area (Å²) < 4.78 is 0. The van der Waals surface area contributed by atoms with Crippen LogP contribution in [0, 0.1) is 0 Å². The molecule has 0 aromatic heterocycles. The molecule has 2 rings (SSSR count). The number of carbonyl (C=O) groups is 2. The Hall–Kier alpha value is -1.69. The summed E-state index contributed by atoms with van der Waals surface area (Å²) in [5.41, 5.74) is 2.06. The third-order valence-electron chi connectivity index (χ3n) is 4.51. The molecule has 4 nitrogen and oxygen atoms in total. The Bertz CT molecular complexity index is 846. The monoisotopic (exact) mass is 466 g/mol. The summed E-state index contributed by atoms with van der Waals surface area (Å²) in [6, 6.07) is 14.8. The molecule has 162 valence electrons. The van der Waals surface area contributed by atoms with Crippen molar-refractivity contribution in [3.8, 4) is 0 Å². The third-order valence-corrected chi connectivity index (χ3v) is 6.28. The van der Waals surface area contributed by atoms with Crippen LogP contribution in [0.1, 0.15) is 38.3 Å². The number of hydrogen-bond donors (Lipinski definition) is 1. The molecule has 2 amide bonds. The van der Waals surface area contributed by atoms with Crippen LogP contribution in [-0.2, 0) is 21.9 Å². The van der Waals surface area contributed by atoms with Crippen LogP contribution in [0.25, 0.3) is 0 Å². The van der Waals surface area contributed by atoms with Gasteiger partial charge in [0, 0.05) is 30.5 Å². The molecular weight excluding hydrogens is 439 g/mol. The van der Waals surface area contributed by atoms with Crippen molar-refractivity contribution in [1.82, 2.24) is 10.2 Å². The number of amides is 2. The largest absolute Gasteiger partial charge is 0.352 e. The van der Waals surface area contributed by atoms with Gasteiger partial charge in [0.15, 0.2) is 0 Å². The zero-order valence-electron chi connectivity index (χ0n) is 17.5. The Morgan fingerprint density at radius 2 is 1.70 bits per heavy atom. The first-order valence-corrected chi connectivity index (χ1v) is 11.8. The Morgan fingerprint density at radius 3 is 2.33 bits per heavy atom. The van der Waals surface area contributed by atoms with E-state index in [1.807, 2.05) is 38.1 Å². The zero-order valence-corrected chi connectivity index (χ0v) is 19.9. The molecule has 0 saturated carbocycles. The molecule has 1 atom stereocenters. The molecule has 0 aliphatic carbocycles. The normalized spacial score (nSPS) is 11.9. The first-order valence-electron chi connectivity index (χ1n) is 9.93. The Labute approximate surface area is 193 Å². The van der Waals surface area contributed by atoms with Crippen molar-refractivity contribution in [2.45, 2.75) is 51.6 Å². The molecular formula is C23H28Cl2N2O2S. The van der Waals surface area contributed by atoms with Crippen LogP contribution in [0.4, 0.5) is 0 Å². The van der Waals surface area contributed by atoms with E-state index in [-0.39, 0.29) is 17.9 Å². The molecule has 0 bridgehead atoms. The molecule has 30 heavy (non-hydrogen) atoms. The maximum Gasteiger partial charge on any atom is 0.242 e. The molecule has 1 N–H and O–H groups in total. The van der Waals surface area contributed by atoms with Gasteiger partial charge in [0.25, 0.3) is 0 Å². The quantitative estimate of drug-likeness (QED) is 0.466. The van der Waals surface area contributed by atoms with E-state index in [0.717, 1.165) is 11.3 Å². The highest BCUT2D eigenvalue weighted by molar-refractivity contribution is 7.98. The van der Waals surface area contributed by atoms with E-state index < -0.39 is 6.04 Å². The van der Waals surface area contributed by atoms with Crippen molar-refractivity contribution in [3.63, 3.8) is 0 Å². The molecule has 2 aromatic rings. The fraction of sp³-hybridized carbons (Fsp3) is 0.391. The van der Waals surface area contributed by atoms with E-state index in [2.05, 4.69) is 17.4 Å². The van der Waals surface area contributed by atoms with Gasteiger partial charge in [0.05, 0.1) is 10.0 Å². The van der Waals surface area contributed by atoms with Crippen molar-refractivity contribution < 1.29 is 9.59 Å². The number of halogens is 2. The predicted molar refractivity (Wildman–Crippen MR) is 127 cm³/mol. The van der Waals surface area contributed by atoms with Gasteiger partial charge in [-0.05, 0) is 44.0 Å². The summed E-state index contributed by atoms with van der Waals surface area (Å²) in [4.78, 5) is 27.2. The van der Waals surface area contributed by atoms with Gasteiger partial charge in [-0.1, -0.05) is 59.6 Å². The summed E-state index contributed by atoms with van der Waals surface area (Å²) in [6.07, 6.45) is 0.359. The molecule has 0 heterocycles. The average Bonchev–Trinajstić information content (AvgIpc) is 2.71. The minimum atomic E-state index is -0.589. The standard InChI is InChI=1S/C23H28Cl2N2O2S/c1-16(2)26-23(29)17(3)27(14-19-9-10-20(24)21(25)13-19)22(28)11-12-30-15-18-7-5-4-6-8-18/h4-10,13,16-17H,11-12,14-15H2,1-3H3,(H,26,29). The molecule has 1 unspecified atom stereocenters. The number of nitrogens with one attached hydrogen (secondary N) is 1. The van der Waals surface area contributed by atoms with Crippen LogP contribution in [0.2, 0.25) is 10.0 Å². The lowest BCUT2D eigenvalue weighted by atomic mass is 10.1. The second-order valence-electron chi connectivity index (χ2n) is 7.40. The van der Waals surface area contributed by atoms with Gasteiger partial charge in [-0.3, -0.25) is 9.59 Å². The van der Waals surface area contributed by atoms with Crippen LogP contribution in [-0.4, -0.2) is 34.6 Å². The molecule has 0 aliphatic heterocycles. The SMILES string of the molecule is CC(C)NC(=O)C(C)N(Cc1ccc(Cl)c(Cl)c1)C(=O)CCSCc1ccccc1. The van der Waals surface area contributed by atoms with Gasteiger partial charge in [-0.25, -0.2) is 0 Å². The maximum atomic E-state index is 13.0. The number of thioether (sulfide) groups is 1. The van der Waals surface area contributed by atoms with Crippen LogP contribution < -0.4 is 5.32 Å². The van der Waals surface area contributed by atoms with Gasteiger partial charge in [0.1, 0.15) is 6.04 Å². The van der Waals surface area contributed by atoms with E-state index in [0.29, 0.717) is 28.8 Å². The number of carbonyl (C=O) groups excluding carboxylic acids is 2. The molecule has 0 spiro atoms. The smallest absolute Gasteiger partial charge is 0.242 e. The second kappa shape index (κ2) is 12.2. The van der Waals surface area contributed by atoms with Crippen LogP contribution in [0.15, 0.2) is 48.5 Å². The van der Waals surface area contributed by atoms with Crippen LogP contribution in [0.5, 0.6) is 0 Å². The molecule has 0 radical (unpaired) electrons. The van der Waals surface area contributed by atoms with E-state index in [1.165, 1.54) is 5.56 Å². The van der Waals surface area contributed by atoms with Gasteiger partial charge < -0.3 is 10.2 Å². The van der Waals surface area contributed by atoms with Crippen molar-refractivity contribution in [3.05, 3.63) is 69.7 Å². The van der Waals surface area contributed by atoms with E-state index >= 15 is 0 Å². The van der Waals surface area contributed by atoms with Crippen LogP contribution >= 0.6 is 35.0 Å². The minimum Gasteiger partial charge on any atom is -0.352 e. The summed E-state index contributed by atoms with van der Waals surface area (Å²) in [6.45, 7) is 5.85. The highest BCUT2D eigenvalue weighted by atomic mass is 35.5. The number of nitrogens with zero attached hydrogens (tertiary/aromatic N) is 1. The first-order chi connectivity index (χ1) is 14.3. The maximum absolute atomic E-state index is 13.0. The fourth-order valence-corrected chi connectivity index (χ4v) is 4.10. The van der Waals surface area contributed by atoms with Crippen molar-refractivity contribution in [1.29, 1.82) is 0 Å². The molecule has 0 aliphatic rings. The lowest BCUT2D eigenvalue weighted by Gasteiger charge is -2.29. The number of rotatable bonds is 10. The van der Waals surface area contributed by atoms with Crippen molar-refractivity contribution >= 4 is 46.8 Å². The number of benzene rings is 2. The van der Waals surface area contributed by atoms with Gasteiger partial charge in [-0.2, -0.15) is 11.8 Å². The van der Waals surface area contributed by atoms with E-state index in [1.54, 1.807) is 35.7 Å². The summed E-state index contributed by atoms with van der Waals surface area (Å²) in [7, 11) is 0. The molecule has 7 heteroatoms. The van der Waals surface area contributed by atoms with Gasteiger partial charge in [-0.15, -0.1) is 0 Å². The van der Waals surface area contributed by atoms with Crippen molar-refractivity contribution in [2.24, 2.45) is 0 Å². The molecule has 0 saturated heterocycles. The highest BCUT2D eigenvalue weighted by Crippen LogP contribution is 2.24. The van der Waals surface area contributed by atoms with Gasteiger partial charge in [0.2, 0.25) is 11.8 Å². The molecule has 0 fully saturated rings. The average molecular weight is 467 g/mol. The lowest BCUT2D eigenvalue weighted by Crippen LogP contribution is -2.49. The summed E-state index contributed by atoms with van der Waals surface area (Å²) in [5.74, 6) is 1.30. The first kappa shape index (κ1) is 24.6. The highest BCUT2D eigenvalue weighted by Gasteiger charge is 2.26. The van der Waals surface area contributed by atoms with E-state index in [4.69, 9.17) is 23.2 Å². The topological polar surface area (TPSA) is 49.4 Å². The van der Waals surface area contributed by atoms with Crippen molar-refractivity contribution in [2.75, 3.05) is 5.75 Å². The minimum absolute atomic E-state index is 0.00306. The number of hydrogen-bond acceptors (Lipinski definition) is 3.